The van der Waals surface area contributed by atoms with Crippen molar-refractivity contribution in [2.45, 2.75) is 0 Å². The third-order valence-corrected chi connectivity index (χ3v) is 4.44. The van der Waals surface area contributed by atoms with Crippen molar-refractivity contribution in [3.05, 3.63) is 58.0 Å². The quantitative estimate of drug-likeness (QED) is 0.813. The molecule has 2 aromatic carbocycles. The number of aliphatic imine (C=N–C) groups is 1. The Bertz CT molecular complexity index is 847. The first kappa shape index (κ1) is 16.4. The largest absolute Gasteiger partial charge is 0.506 e. The molecule has 24 heavy (non-hydrogen) atoms. The van der Waals surface area contributed by atoms with E-state index in [2.05, 4.69) is 10.3 Å². The summed E-state index contributed by atoms with van der Waals surface area (Å²) in [7, 11) is 1.60. The van der Waals surface area contributed by atoms with Crippen molar-refractivity contribution in [3.8, 4) is 11.5 Å². The van der Waals surface area contributed by atoms with E-state index in [9.17, 15) is 9.90 Å². The van der Waals surface area contributed by atoms with Crippen molar-refractivity contribution >= 4 is 46.2 Å². The number of aromatic hydroxyl groups is 1. The molecule has 1 amide bonds. The number of phenols is 1. The summed E-state index contributed by atoms with van der Waals surface area (Å²) in [6.07, 6.45) is 1.70. The Labute approximate surface area is 148 Å². The van der Waals surface area contributed by atoms with Crippen LogP contribution in [0.4, 0.5) is 5.69 Å². The van der Waals surface area contributed by atoms with Crippen LogP contribution >= 0.6 is 23.4 Å². The molecule has 0 radical (unpaired) electrons. The van der Waals surface area contributed by atoms with Gasteiger partial charge in [-0.2, -0.15) is 0 Å². The molecule has 2 aromatic rings. The molecule has 0 aliphatic carbocycles. The highest BCUT2D eigenvalue weighted by atomic mass is 35.5. The van der Waals surface area contributed by atoms with Gasteiger partial charge in [-0.15, -0.1) is 0 Å². The second-order valence-electron chi connectivity index (χ2n) is 4.89. The van der Waals surface area contributed by atoms with Gasteiger partial charge in [0, 0.05) is 0 Å². The first-order chi connectivity index (χ1) is 11.5. The maximum atomic E-state index is 12.0. The fraction of sp³-hybridized carbons (Fsp3) is 0.0588. The average Bonchev–Trinajstić information content (AvgIpc) is 2.91. The Balaban J connectivity index is 1.80. The van der Waals surface area contributed by atoms with Crippen LogP contribution in [0.5, 0.6) is 11.5 Å². The molecule has 122 valence electrons. The molecule has 2 N–H and O–H groups in total. The van der Waals surface area contributed by atoms with Crippen LogP contribution in [0.3, 0.4) is 0 Å². The lowest BCUT2D eigenvalue weighted by Gasteiger charge is -2.00. The van der Waals surface area contributed by atoms with E-state index >= 15 is 0 Å². The number of amides is 1. The summed E-state index contributed by atoms with van der Waals surface area (Å²) >= 11 is 7.12. The van der Waals surface area contributed by atoms with Gasteiger partial charge in [0.2, 0.25) is 0 Å². The van der Waals surface area contributed by atoms with Crippen molar-refractivity contribution in [1.82, 2.24) is 5.32 Å². The Morgan fingerprint density at radius 1 is 1.25 bits per heavy atom. The van der Waals surface area contributed by atoms with Gasteiger partial charge in [0.15, 0.2) is 5.17 Å². The molecule has 1 fully saturated rings. The molecule has 1 aliphatic heterocycles. The number of nitrogens with one attached hydrogen (secondary N) is 1. The fourth-order valence-corrected chi connectivity index (χ4v) is 3.05. The van der Waals surface area contributed by atoms with Crippen LogP contribution in [0, 0.1) is 0 Å². The zero-order valence-electron chi connectivity index (χ0n) is 12.6. The second-order valence-corrected chi connectivity index (χ2v) is 6.33. The van der Waals surface area contributed by atoms with Crippen molar-refractivity contribution < 1.29 is 14.6 Å². The van der Waals surface area contributed by atoms with Crippen molar-refractivity contribution in [2.75, 3.05) is 7.11 Å². The van der Waals surface area contributed by atoms with E-state index in [1.54, 1.807) is 49.6 Å². The monoisotopic (exact) mass is 360 g/mol. The highest BCUT2D eigenvalue weighted by Gasteiger charge is 2.23. The fourth-order valence-electron chi connectivity index (χ4n) is 2.02. The Kier molecular flexibility index (Phi) is 4.78. The lowest BCUT2D eigenvalue weighted by atomic mass is 10.2. The van der Waals surface area contributed by atoms with Crippen LogP contribution in [-0.2, 0) is 4.79 Å². The number of benzene rings is 2. The van der Waals surface area contributed by atoms with Gasteiger partial charge in [-0.25, -0.2) is 4.99 Å². The van der Waals surface area contributed by atoms with E-state index < -0.39 is 0 Å². The molecule has 5 nitrogen and oxygen atoms in total. The summed E-state index contributed by atoms with van der Waals surface area (Å²) in [5, 5.41) is 12.9. The number of thioether (sulfide) groups is 1. The van der Waals surface area contributed by atoms with Crippen LogP contribution in [0.1, 0.15) is 5.56 Å². The summed E-state index contributed by atoms with van der Waals surface area (Å²) in [5.74, 6) is 0.521. The van der Waals surface area contributed by atoms with Crippen LogP contribution in [-0.4, -0.2) is 23.3 Å². The lowest BCUT2D eigenvalue weighted by Crippen LogP contribution is -2.19. The Morgan fingerprint density at radius 3 is 2.67 bits per heavy atom. The summed E-state index contributed by atoms with van der Waals surface area (Å²) in [4.78, 5) is 16.9. The van der Waals surface area contributed by atoms with Crippen molar-refractivity contribution in [1.29, 1.82) is 0 Å². The van der Waals surface area contributed by atoms with Crippen LogP contribution < -0.4 is 10.1 Å². The van der Waals surface area contributed by atoms with Gasteiger partial charge in [-0.3, -0.25) is 4.79 Å². The molecule has 1 heterocycles. The van der Waals surface area contributed by atoms with Gasteiger partial charge in [-0.05, 0) is 59.8 Å². The number of rotatable bonds is 3. The number of nitrogens with zero attached hydrogens (tertiary/aromatic N) is 1. The zero-order chi connectivity index (χ0) is 17.1. The minimum absolute atomic E-state index is 0.00380. The number of phenolic OH excluding ortho intramolecular Hbond substituents is 1. The van der Waals surface area contributed by atoms with E-state index in [0.717, 1.165) is 11.3 Å². The topological polar surface area (TPSA) is 70.9 Å². The molecule has 0 aromatic heterocycles. The van der Waals surface area contributed by atoms with E-state index in [1.807, 2.05) is 0 Å². The number of ether oxygens (including phenoxy) is 1. The van der Waals surface area contributed by atoms with Gasteiger partial charge in [0.05, 0.1) is 22.7 Å². The van der Waals surface area contributed by atoms with E-state index in [-0.39, 0.29) is 16.7 Å². The molecule has 0 spiro atoms. The molecule has 0 atom stereocenters. The maximum absolute atomic E-state index is 12.0. The van der Waals surface area contributed by atoms with Gasteiger partial charge in [0.1, 0.15) is 11.5 Å². The summed E-state index contributed by atoms with van der Waals surface area (Å²) in [6, 6.07) is 12.0. The Morgan fingerprint density at radius 2 is 2.00 bits per heavy atom. The molecule has 1 saturated heterocycles. The normalized spacial score (nSPS) is 17.3. The van der Waals surface area contributed by atoms with Crippen molar-refractivity contribution in [3.63, 3.8) is 0 Å². The van der Waals surface area contributed by atoms with Crippen molar-refractivity contribution in [2.24, 2.45) is 4.99 Å². The standard InChI is InChI=1S/C17H13ClN2O3S/c1-23-12-5-3-11(4-6-12)19-17-20-16(22)15(24-17)9-10-2-7-14(21)13(18)8-10/h2-9,21H,1H3,(H,19,20,22)/b15-9-. The van der Waals surface area contributed by atoms with Crippen LogP contribution in [0.15, 0.2) is 52.4 Å². The molecular weight excluding hydrogens is 348 g/mol. The number of hydrogen-bond acceptors (Lipinski definition) is 5. The SMILES string of the molecule is COc1ccc(N=C2NC(=O)/C(=C/c3ccc(O)c(Cl)c3)S2)cc1. The first-order valence-corrected chi connectivity index (χ1v) is 8.17. The number of carbonyl (C=O) groups is 1. The molecule has 0 unspecified atom stereocenters. The van der Waals surface area contributed by atoms with E-state index in [0.29, 0.717) is 15.8 Å². The predicted octanol–water partition coefficient (Wildman–Crippen LogP) is 3.95. The second kappa shape index (κ2) is 6.98. The summed E-state index contributed by atoms with van der Waals surface area (Å²) in [6.45, 7) is 0. The molecule has 1 aliphatic rings. The van der Waals surface area contributed by atoms with E-state index in [4.69, 9.17) is 16.3 Å². The van der Waals surface area contributed by atoms with E-state index in [1.165, 1.54) is 17.8 Å². The molecule has 7 heteroatoms. The highest BCUT2D eigenvalue weighted by molar-refractivity contribution is 8.18. The van der Waals surface area contributed by atoms with Gasteiger partial charge >= 0.3 is 0 Å². The lowest BCUT2D eigenvalue weighted by molar-refractivity contribution is -0.115. The molecule has 0 bridgehead atoms. The first-order valence-electron chi connectivity index (χ1n) is 6.97. The molecule has 0 saturated carbocycles. The zero-order valence-corrected chi connectivity index (χ0v) is 14.2. The number of carbonyl (C=O) groups excluding carboxylic acids is 1. The summed E-state index contributed by atoms with van der Waals surface area (Å²) < 4.78 is 5.10. The van der Waals surface area contributed by atoms with Gasteiger partial charge in [-0.1, -0.05) is 17.7 Å². The summed E-state index contributed by atoms with van der Waals surface area (Å²) in [5.41, 5.74) is 1.44. The number of halogens is 1. The van der Waals surface area contributed by atoms with Crippen LogP contribution in [0.2, 0.25) is 5.02 Å². The minimum atomic E-state index is -0.226. The number of methoxy groups -OCH3 is 1. The van der Waals surface area contributed by atoms with Crippen LogP contribution in [0.25, 0.3) is 6.08 Å². The number of hydrogen-bond donors (Lipinski definition) is 2. The third kappa shape index (κ3) is 3.72. The average molecular weight is 361 g/mol. The highest BCUT2D eigenvalue weighted by Crippen LogP contribution is 2.30. The number of amidine groups is 1. The minimum Gasteiger partial charge on any atom is -0.506 e. The Hall–Kier alpha value is -2.44. The third-order valence-electron chi connectivity index (χ3n) is 3.22. The molecular formula is C17H13ClN2O3S. The molecule has 3 rings (SSSR count). The van der Waals surface area contributed by atoms with Gasteiger partial charge in [0.25, 0.3) is 5.91 Å². The van der Waals surface area contributed by atoms with Gasteiger partial charge < -0.3 is 15.2 Å². The smallest absolute Gasteiger partial charge is 0.264 e. The predicted molar refractivity (Wildman–Crippen MR) is 96.9 cm³/mol. The maximum Gasteiger partial charge on any atom is 0.264 e.